The maximum atomic E-state index is 13.1. The lowest BCUT2D eigenvalue weighted by Crippen LogP contribution is -2.27. The van der Waals surface area contributed by atoms with Gasteiger partial charge in [0.1, 0.15) is 12.4 Å². The summed E-state index contributed by atoms with van der Waals surface area (Å²) in [7, 11) is 3.86. The van der Waals surface area contributed by atoms with Crippen LogP contribution < -0.4 is 10.2 Å². The molecular weight excluding hydrogens is 390 g/mol. The number of rotatable bonds is 8. The summed E-state index contributed by atoms with van der Waals surface area (Å²) in [5, 5.41) is 11.9. The van der Waals surface area contributed by atoms with Crippen LogP contribution >= 0.6 is 0 Å². The van der Waals surface area contributed by atoms with Crippen LogP contribution in [-0.4, -0.2) is 35.8 Å². The van der Waals surface area contributed by atoms with Crippen LogP contribution in [-0.2, 0) is 11.2 Å². The molecule has 3 rings (SSSR count). The van der Waals surface area contributed by atoms with Gasteiger partial charge in [0.15, 0.2) is 11.5 Å². The molecule has 0 bridgehead atoms. The van der Waals surface area contributed by atoms with Gasteiger partial charge in [0, 0.05) is 37.7 Å². The van der Waals surface area contributed by atoms with Crippen molar-refractivity contribution in [3.05, 3.63) is 83.9 Å². The first-order valence-corrected chi connectivity index (χ1v) is 9.83. The molecule has 31 heavy (non-hydrogen) atoms. The summed E-state index contributed by atoms with van der Waals surface area (Å²) in [4.78, 5) is 35.7. The fourth-order valence-electron chi connectivity index (χ4n) is 3.19. The number of hydrogen-bond acceptors (Lipinski definition) is 6. The maximum absolute atomic E-state index is 13.1. The molecule has 0 aliphatic rings. The second-order valence-corrected chi connectivity index (χ2v) is 7.34. The average Bonchev–Trinajstić information content (AvgIpc) is 2.79. The van der Waals surface area contributed by atoms with Gasteiger partial charge in [-0.15, -0.1) is 0 Å². The molecular formula is C24H23N5O2. The van der Waals surface area contributed by atoms with E-state index in [9.17, 15) is 14.9 Å². The molecule has 0 saturated heterocycles. The largest absolute Gasteiger partial charge is 0.378 e. The molecule has 0 spiro atoms. The highest BCUT2D eigenvalue weighted by Crippen LogP contribution is 2.21. The van der Waals surface area contributed by atoms with Crippen LogP contribution in [0.25, 0.3) is 0 Å². The van der Waals surface area contributed by atoms with E-state index in [0.717, 1.165) is 11.3 Å². The standard InChI is InChI=1S/C24H23N5O2/c1-29(2)20-10-8-18(9-11-20)23(30)13-19(12-17-6-4-3-5-7-17)24(31)28-22-15-26-16-27-21(22)14-25/h3-11,15-16,19H,12-13H2,1-2H3,(H,28,31)/t19-/m0/s1. The van der Waals surface area contributed by atoms with Crippen molar-refractivity contribution < 1.29 is 9.59 Å². The lowest BCUT2D eigenvalue weighted by atomic mass is 9.91. The molecule has 0 fully saturated rings. The molecule has 0 saturated carbocycles. The number of nitrogens with one attached hydrogen (secondary N) is 1. The van der Waals surface area contributed by atoms with Crippen molar-refractivity contribution >= 4 is 23.1 Å². The number of aromatic nitrogens is 2. The third-order valence-corrected chi connectivity index (χ3v) is 4.91. The Bertz CT molecular complexity index is 1090. The molecule has 1 aromatic heterocycles. The fraction of sp³-hybridized carbons (Fsp3) is 0.208. The van der Waals surface area contributed by atoms with Crippen LogP contribution in [0.1, 0.15) is 28.0 Å². The van der Waals surface area contributed by atoms with Crippen LogP contribution in [0.2, 0.25) is 0 Å². The molecule has 0 radical (unpaired) electrons. The highest BCUT2D eigenvalue weighted by Gasteiger charge is 2.24. The second kappa shape index (κ2) is 10.1. The third kappa shape index (κ3) is 5.73. The monoisotopic (exact) mass is 413 g/mol. The van der Waals surface area contributed by atoms with Gasteiger partial charge in [0.05, 0.1) is 11.9 Å². The van der Waals surface area contributed by atoms with Gasteiger partial charge in [-0.3, -0.25) is 9.59 Å². The number of amides is 1. The minimum Gasteiger partial charge on any atom is -0.378 e. The fourth-order valence-corrected chi connectivity index (χ4v) is 3.19. The first-order valence-electron chi connectivity index (χ1n) is 9.83. The number of hydrogen-bond donors (Lipinski definition) is 1. The van der Waals surface area contributed by atoms with E-state index >= 15 is 0 Å². The zero-order valence-electron chi connectivity index (χ0n) is 17.4. The zero-order chi connectivity index (χ0) is 22.2. The lowest BCUT2D eigenvalue weighted by Gasteiger charge is -2.17. The molecule has 1 N–H and O–H groups in total. The first-order chi connectivity index (χ1) is 15.0. The average molecular weight is 413 g/mol. The predicted octanol–water partition coefficient (Wildman–Crippen LogP) is 3.48. The van der Waals surface area contributed by atoms with Crippen molar-refractivity contribution in [1.82, 2.24) is 9.97 Å². The summed E-state index contributed by atoms with van der Waals surface area (Å²) in [6.07, 6.45) is 3.06. The Morgan fingerprint density at radius 1 is 1.10 bits per heavy atom. The minimum absolute atomic E-state index is 0.0393. The van der Waals surface area contributed by atoms with Crippen molar-refractivity contribution in [3.8, 4) is 6.07 Å². The van der Waals surface area contributed by atoms with Crippen LogP contribution in [0.3, 0.4) is 0 Å². The van der Waals surface area contributed by atoms with E-state index in [1.807, 2.05) is 67.5 Å². The Hall–Kier alpha value is -4.05. The topological polar surface area (TPSA) is 99.0 Å². The predicted molar refractivity (Wildman–Crippen MR) is 119 cm³/mol. The molecule has 3 aromatic rings. The summed E-state index contributed by atoms with van der Waals surface area (Å²) >= 11 is 0. The first kappa shape index (κ1) is 21.7. The van der Waals surface area contributed by atoms with E-state index in [1.165, 1.54) is 12.5 Å². The second-order valence-electron chi connectivity index (χ2n) is 7.34. The number of anilines is 2. The van der Waals surface area contributed by atoms with Gasteiger partial charge < -0.3 is 10.2 Å². The van der Waals surface area contributed by atoms with E-state index in [0.29, 0.717) is 12.0 Å². The Kier molecular flexibility index (Phi) is 7.07. The van der Waals surface area contributed by atoms with E-state index < -0.39 is 5.92 Å². The highest BCUT2D eigenvalue weighted by molar-refractivity contribution is 6.01. The minimum atomic E-state index is -0.616. The quantitative estimate of drug-likeness (QED) is 0.568. The molecule has 1 atom stereocenters. The SMILES string of the molecule is CN(C)c1ccc(C(=O)C[C@H](Cc2ccccc2)C(=O)Nc2cncnc2C#N)cc1. The van der Waals surface area contributed by atoms with Crippen LogP contribution in [0, 0.1) is 17.2 Å². The number of carbonyl (C=O) groups is 2. The van der Waals surface area contributed by atoms with Crippen molar-refractivity contribution in [2.24, 2.45) is 5.92 Å². The van der Waals surface area contributed by atoms with E-state index in [4.69, 9.17) is 0 Å². The normalized spacial score (nSPS) is 11.3. The van der Waals surface area contributed by atoms with E-state index in [1.54, 1.807) is 12.1 Å². The zero-order valence-corrected chi connectivity index (χ0v) is 17.4. The van der Waals surface area contributed by atoms with Gasteiger partial charge in [0.25, 0.3) is 0 Å². The summed E-state index contributed by atoms with van der Waals surface area (Å²) in [6, 6.07) is 18.8. The Labute approximate surface area is 181 Å². The van der Waals surface area contributed by atoms with Gasteiger partial charge in [-0.1, -0.05) is 30.3 Å². The van der Waals surface area contributed by atoms with Gasteiger partial charge >= 0.3 is 0 Å². The van der Waals surface area contributed by atoms with Crippen molar-refractivity contribution in [3.63, 3.8) is 0 Å². The number of nitrogens with zero attached hydrogens (tertiary/aromatic N) is 4. The van der Waals surface area contributed by atoms with Gasteiger partial charge in [-0.05, 0) is 36.2 Å². The molecule has 0 aliphatic heterocycles. The Morgan fingerprint density at radius 3 is 2.45 bits per heavy atom. The molecule has 0 unspecified atom stereocenters. The molecule has 1 amide bonds. The van der Waals surface area contributed by atoms with Gasteiger partial charge in [-0.2, -0.15) is 5.26 Å². The molecule has 2 aromatic carbocycles. The Balaban J connectivity index is 1.81. The molecule has 7 heteroatoms. The molecule has 156 valence electrons. The summed E-state index contributed by atoms with van der Waals surface area (Å²) in [6.45, 7) is 0. The van der Waals surface area contributed by atoms with Crippen molar-refractivity contribution in [1.29, 1.82) is 5.26 Å². The Morgan fingerprint density at radius 2 is 1.81 bits per heavy atom. The van der Waals surface area contributed by atoms with Crippen molar-refractivity contribution in [2.75, 3.05) is 24.3 Å². The van der Waals surface area contributed by atoms with Gasteiger partial charge in [0.2, 0.25) is 5.91 Å². The lowest BCUT2D eigenvalue weighted by molar-refractivity contribution is -0.119. The molecule has 1 heterocycles. The number of ketones is 1. The number of benzene rings is 2. The van der Waals surface area contributed by atoms with Crippen LogP contribution in [0.4, 0.5) is 11.4 Å². The molecule has 7 nitrogen and oxygen atoms in total. The van der Waals surface area contributed by atoms with E-state index in [-0.39, 0.29) is 29.5 Å². The maximum Gasteiger partial charge on any atom is 0.228 e. The summed E-state index contributed by atoms with van der Waals surface area (Å²) in [5.74, 6) is -1.09. The third-order valence-electron chi connectivity index (χ3n) is 4.91. The van der Waals surface area contributed by atoms with Crippen LogP contribution in [0.15, 0.2) is 67.1 Å². The van der Waals surface area contributed by atoms with Crippen LogP contribution in [0.5, 0.6) is 0 Å². The number of nitriles is 1. The number of carbonyl (C=O) groups excluding carboxylic acids is 2. The summed E-state index contributed by atoms with van der Waals surface area (Å²) in [5.41, 5.74) is 2.80. The summed E-state index contributed by atoms with van der Waals surface area (Å²) < 4.78 is 0. The molecule has 0 aliphatic carbocycles. The van der Waals surface area contributed by atoms with Crippen molar-refractivity contribution in [2.45, 2.75) is 12.8 Å². The van der Waals surface area contributed by atoms with E-state index in [2.05, 4.69) is 15.3 Å². The van der Waals surface area contributed by atoms with Gasteiger partial charge in [-0.25, -0.2) is 9.97 Å². The number of Topliss-reactive ketones (excluding diaryl/α,β-unsaturated/α-hetero) is 1. The highest BCUT2D eigenvalue weighted by atomic mass is 16.2. The smallest absolute Gasteiger partial charge is 0.228 e.